The van der Waals surface area contributed by atoms with Crippen LogP contribution in [0.5, 0.6) is 5.75 Å². The van der Waals surface area contributed by atoms with Crippen molar-refractivity contribution in [3.8, 4) is 5.75 Å². The molecule has 0 unspecified atom stereocenters. The first-order valence-corrected chi connectivity index (χ1v) is 10.9. The standard InChI is InChI=1S/C23H23FN2O4S/c1-16-8-9-17(23(27)25-15-18-6-4-5-7-21(18)24)14-22(16)26(2)31(28,29)20-12-10-19(30-3)11-13-20/h4-14H,15H2,1-3H3,(H,25,27). The number of benzene rings is 3. The van der Waals surface area contributed by atoms with Gasteiger partial charge in [0.1, 0.15) is 11.6 Å². The molecule has 0 heterocycles. The number of sulfonamides is 1. The quantitative estimate of drug-likeness (QED) is 0.602. The van der Waals surface area contributed by atoms with Gasteiger partial charge in [0.15, 0.2) is 0 Å². The second kappa shape index (κ2) is 9.18. The summed E-state index contributed by atoms with van der Waals surface area (Å²) in [7, 11) is -0.911. The Bertz CT molecular complexity index is 1190. The van der Waals surface area contributed by atoms with Crippen LogP contribution in [-0.4, -0.2) is 28.5 Å². The average Bonchev–Trinajstić information content (AvgIpc) is 2.78. The summed E-state index contributed by atoms with van der Waals surface area (Å²) in [4.78, 5) is 12.7. The van der Waals surface area contributed by atoms with Gasteiger partial charge in [0.05, 0.1) is 17.7 Å². The summed E-state index contributed by atoms with van der Waals surface area (Å²) in [5, 5.41) is 2.66. The highest BCUT2D eigenvalue weighted by Crippen LogP contribution is 2.27. The predicted molar refractivity (Wildman–Crippen MR) is 117 cm³/mol. The van der Waals surface area contributed by atoms with Gasteiger partial charge in [-0.3, -0.25) is 9.10 Å². The zero-order valence-corrected chi connectivity index (χ0v) is 18.2. The van der Waals surface area contributed by atoms with Crippen LogP contribution in [0.15, 0.2) is 71.6 Å². The molecule has 1 N–H and O–H groups in total. The van der Waals surface area contributed by atoms with Crippen molar-refractivity contribution in [3.05, 3.63) is 89.2 Å². The number of hydrogen-bond acceptors (Lipinski definition) is 4. The van der Waals surface area contributed by atoms with Gasteiger partial charge < -0.3 is 10.1 Å². The first kappa shape index (κ1) is 22.3. The number of carbonyl (C=O) groups is 1. The zero-order chi connectivity index (χ0) is 22.6. The van der Waals surface area contributed by atoms with E-state index in [1.807, 2.05) is 0 Å². The van der Waals surface area contributed by atoms with Gasteiger partial charge in [-0.1, -0.05) is 24.3 Å². The fraction of sp³-hybridized carbons (Fsp3) is 0.174. The van der Waals surface area contributed by atoms with Crippen LogP contribution < -0.4 is 14.4 Å². The lowest BCUT2D eigenvalue weighted by molar-refractivity contribution is 0.0950. The minimum absolute atomic E-state index is 0.0225. The highest BCUT2D eigenvalue weighted by atomic mass is 32.2. The van der Waals surface area contributed by atoms with Crippen LogP contribution in [0.25, 0.3) is 0 Å². The monoisotopic (exact) mass is 442 g/mol. The van der Waals surface area contributed by atoms with E-state index in [1.54, 1.807) is 49.4 Å². The molecule has 0 fully saturated rings. The van der Waals surface area contributed by atoms with Gasteiger partial charge in [-0.05, 0) is 55.0 Å². The third-order valence-electron chi connectivity index (χ3n) is 4.93. The SMILES string of the molecule is COc1ccc(S(=O)(=O)N(C)c2cc(C(=O)NCc3ccccc3F)ccc2C)cc1. The normalized spacial score (nSPS) is 11.1. The minimum Gasteiger partial charge on any atom is -0.497 e. The maximum atomic E-state index is 13.8. The van der Waals surface area contributed by atoms with E-state index < -0.39 is 21.7 Å². The van der Waals surface area contributed by atoms with E-state index in [0.29, 0.717) is 22.6 Å². The fourth-order valence-electron chi connectivity index (χ4n) is 3.04. The molecule has 3 rings (SSSR count). The molecule has 0 aliphatic rings. The van der Waals surface area contributed by atoms with Crippen LogP contribution in [0.4, 0.5) is 10.1 Å². The molecule has 0 bridgehead atoms. The van der Waals surface area contributed by atoms with Crippen molar-refractivity contribution in [2.75, 3.05) is 18.5 Å². The van der Waals surface area contributed by atoms with Crippen molar-refractivity contribution in [3.63, 3.8) is 0 Å². The van der Waals surface area contributed by atoms with E-state index >= 15 is 0 Å². The predicted octanol–water partition coefficient (Wildman–Crippen LogP) is 3.90. The average molecular weight is 443 g/mol. The van der Waals surface area contributed by atoms with Gasteiger partial charge in [0, 0.05) is 24.7 Å². The third kappa shape index (κ3) is 4.86. The molecule has 0 spiro atoms. The lowest BCUT2D eigenvalue weighted by atomic mass is 10.1. The Balaban J connectivity index is 1.83. The van der Waals surface area contributed by atoms with Crippen molar-refractivity contribution in [2.45, 2.75) is 18.4 Å². The largest absolute Gasteiger partial charge is 0.497 e. The molecule has 3 aromatic carbocycles. The molecule has 1 amide bonds. The number of methoxy groups -OCH3 is 1. The van der Waals surface area contributed by atoms with E-state index in [0.717, 1.165) is 4.31 Å². The molecular formula is C23H23FN2O4S. The van der Waals surface area contributed by atoms with Gasteiger partial charge in [0.2, 0.25) is 0 Å². The molecule has 8 heteroatoms. The molecule has 0 aliphatic heterocycles. The summed E-state index contributed by atoms with van der Waals surface area (Å²) in [5.74, 6) is -0.288. The summed E-state index contributed by atoms with van der Waals surface area (Å²) in [6.45, 7) is 1.78. The number of amides is 1. The van der Waals surface area contributed by atoms with E-state index in [4.69, 9.17) is 4.74 Å². The number of aryl methyl sites for hydroxylation is 1. The third-order valence-corrected chi connectivity index (χ3v) is 6.71. The molecule has 162 valence electrons. The molecule has 0 atom stereocenters. The number of anilines is 1. The lowest BCUT2D eigenvalue weighted by Gasteiger charge is -2.22. The van der Waals surface area contributed by atoms with Crippen LogP contribution in [0.1, 0.15) is 21.5 Å². The van der Waals surface area contributed by atoms with E-state index in [-0.39, 0.29) is 17.0 Å². The molecule has 0 aliphatic carbocycles. The molecule has 0 radical (unpaired) electrons. The summed E-state index contributed by atoms with van der Waals surface area (Å²) in [6.07, 6.45) is 0. The molecule has 0 saturated carbocycles. The zero-order valence-electron chi connectivity index (χ0n) is 17.4. The first-order chi connectivity index (χ1) is 14.7. The van der Waals surface area contributed by atoms with Crippen molar-refractivity contribution in [1.82, 2.24) is 5.32 Å². The number of rotatable bonds is 7. The number of halogens is 1. The number of ether oxygens (including phenoxy) is 1. The van der Waals surface area contributed by atoms with Crippen LogP contribution in [0, 0.1) is 12.7 Å². The second-order valence-electron chi connectivity index (χ2n) is 6.92. The molecule has 3 aromatic rings. The Morgan fingerprint density at radius 2 is 1.74 bits per heavy atom. The molecule has 31 heavy (non-hydrogen) atoms. The van der Waals surface area contributed by atoms with Crippen LogP contribution in [0.2, 0.25) is 0 Å². The number of nitrogens with one attached hydrogen (secondary N) is 1. The van der Waals surface area contributed by atoms with Gasteiger partial charge >= 0.3 is 0 Å². The van der Waals surface area contributed by atoms with Crippen molar-refractivity contribution < 1.29 is 22.3 Å². The minimum atomic E-state index is -3.85. The first-order valence-electron chi connectivity index (χ1n) is 9.49. The number of nitrogens with zero attached hydrogens (tertiary/aromatic N) is 1. The molecular weight excluding hydrogens is 419 g/mol. The topological polar surface area (TPSA) is 75.7 Å². The smallest absolute Gasteiger partial charge is 0.264 e. The van der Waals surface area contributed by atoms with Gasteiger partial charge in [-0.15, -0.1) is 0 Å². The van der Waals surface area contributed by atoms with Crippen LogP contribution in [0.3, 0.4) is 0 Å². The summed E-state index contributed by atoms with van der Waals surface area (Å²) < 4.78 is 46.1. The maximum absolute atomic E-state index is 13.8. The van der Waals surface area contributed by atoms with E-state index in [1.165, 1.54) is 38.4 Å². The second-order valence-corrected chi connectivity index (χ2v) is 8.89. The summed E-state index contributed by atoms with van der Waals surface area (Å²) in [6, 6.07) is 17.0. The molecule has 0 saturated heterocycles. The summed E-state index contributed by atoms with van der Waals surface area (Å²) >= 11 is 0. The Kier molecular flexibility index (Phi) is 6.60. The maximum Gasteiger partial charge on any atom is 0.264 e. The fourth-order valence-corrected chi connectivity index (χ4v) is 4.30. The molecule has 0 aromatic heterocycles. The Morgan fingerprint density at radius 1 is 1.06 bits per heavy atom. The van der Waals surface area contributed by atoms with Crippen molar-refractivity contribution in [1.29, 1.82) is 0 Å². The number of carbonyl (C=O) groups excluding carboxylic acids is 1. The Morgan fingerprint density at radius 3 is 2.39 bits per heavy atom. The number of hydrogen-bond donors (Lipinski definition) is 1. The van der Waals surface area contributed by atoms with Gasteiger partial charge in [0.25, 0.3) is 15.9 Å². The van der Waals surface area contributed by atoms with Gasteiger partial charge in [-0.25, -0.2) is 12.8 Å². The van der Waals surface area contributed by atoms with Crippen molar-refractivity contribution >= 4 is 21.6 Å². The highest BCUT2D eigenvalue weighted by Gasteiger charge is 2.23. The van der Waals surface area contributed by atoms with Gasteiger partial charge in [-0.2, -0.15) is 0 Å². The lowest BCUT2D eigenvalue weighted by Crippen LogP contribution is -2.28. The van der Waals surface area contributed by atoms with E-state index in [9.17, 15) is 17.6 Å². The van der Waals surface area contributed by atoms with Crippen molar-refractivity contribution in [2.24, 2.45) is 0 Å². The Hall–Kier alpha value is -3.39. The Labute approximate surface area is 181 Å². The summed E-state index contributed by atoms with van der Waals surface area (Å²) in [5.41, 5.74) is 1.69. The van der Waals surface area contributed by atoms with Crippen LogP contribution in [-0.2, 0) is 16.6 Å². The van der Waals surface area contributed by atoms with Crippen LogP contribution >= 0.6 is 0 Å². The highest BCUT2D eigenvalue weighted by molar-refractivity contribution is 7.92. The van der Waals surface area contributed by atoms with E-state index in [2.05, 4.69) is 5.32 Å². The molecule has 6 nitrogen and oxygen atoms in total.